The maximum Gasteiger partial charge on any atom is 0.490 e. The van der Waals surface area contributed by atoms with Crippen LogP contribution in [0, 0.1) is 0 Å². The summed E-state index contributed by atoms with van der Waals surface area (Å²) in [6.07, 6.45) is -0.949. The molecule has 3 heterocycles. The number of anilines is 2. The zero-order chi connectivity index (χ0) is 25.6. The number of fused-ring (bicyclic) bond motifs is 1. The first-order valence-electron chi connectivity index (χ1n) is 10.8. The Balaban J connectivity index is 0.000000429. The van der Waals surface area contributed by atoms with Crippen molar-refractivity contribution >= 4 is 34.6 Å². The second kappa shape index (κ2) is 11.0. The molecule has 10 nitrogen and oxygen atoms in total. The van der Waals surface area contributed by atoms with Crippen molar-refractivity contribution in [2.24, 2.45) is 10.7 Å². The summed E-state index contributed by atoms with van der Waals surface area (Å²) < 4.78 is 33.8. The molecular weight excluding hydrogens is 465 g/mol. The molecule has 4 rings (SSSR count). The van der Waals surface area contributed by atoms with Crippen LogP contribution in [0.3, 0.4) is 0 Å². The number of para-hydroxylation sites is 1. The van der Waals surface area contributed by atoms with Gasteiger partial charge in [0.2, 0.25) is 5.95 Å². The number of carboxylic acid groups (broad SMARTS) is 1. The summed E-state index contributed by atoms with van der Waals surface area (Å²) in [7, 11) is 2.15. The van der Waals surface area contributed by atoms with E-state index in [0.717, 1.165) is 48.6 Å². The van der Waals surface area contributed by atoms with Crippen LogP contribution < -0.4 is 16.0 Å². The fourth-order valence-electron chi connectivity index (χ4n) is 3.39. The summed E-state index contributed by atoms with van der Waals surface area (Å²) in [6.45, 7) is 6.42. The van der Waals surface area contributed by atoms with Crippen molar-refractivity contribution in [2.45, 2.75) is 13.1 Å². The number of alkyl halides is 3. The predicted molar refractivity (Wildman–Crippen MR) is 128 cm³/mol. The minimum atomic E-state index is -5.08. The lowest BCUT2D eigenvalue weighted by molar-refractivity contribution is -0.192. The van der Waals surface area contributed by atoms with E-state index in [2.05, 4.69) is 55.0 Å². The van der Waals surface area contributed by atoms with Gasteiger partial charge in [-0.05, 0) is 26.1 Å². The lowest BCUT2D eigenvalue weighted by atomic mass is 10.3. The molecule has 1 saturated heterocycles. The minimum Gasteiger partial charge on any atom is -0.475 e. The molecule has 1 aliphatic rings. The topological polar surface area (TPSA) is 125 Å². The molecular formula is C22H27F3N8O2. The number of halogens is 3. The molecule has 13 heteroatoms. The van der Waals surface area contributed by atoms with Gasteiger partial charge in [-0.3, -0.25) is 10.3 Å². The number of piperazine rings is 1. The number of rotatable bonds is 4. The van der Waals surface area contributed by atoms with Crippen molar-refractivity contribution in [1.29, 1.82) is 0 Å². The second-order valence-corrected chi connectivity index (χ2v) is 7.75. The number of hydrogen-bond acceptors (Lipinski definition) is 6. The molecule has 188 valence electrons. The molecule has 0 spiro atoms. The average molecular weight is 493 g/mol. The Bertz CT molecular complexity index is 1170. The Morgan fingerprint density at radius 3 is 2.34 bits per heavy atom. The van der Waals surface area contributed by atoms with Gasteiger partial charge >= 0.3 is 12.1 Å². The molecule has 35 heavy (non-hydrogen) atoms. The van der Waals surface area contributed by atoms with Crippen molar-refractivity contribution in [3.05, 3.63) is 42.7 Å². The molecule has 0 radical (unpaired) electrons. The van der Waals surface area contributed by atoms with E-state index in [1.807, 2.05) is 31.3 Å². The first kappa shape index (κ1) is 25.7. The number of nitrogens with zero attached hydrogens (tertiary/aromatic N) is 6. The van der Waals surface area contributed by atoms with Crippen LogP contribution in [0.5, 0.6) is 0 Å². The van der Waals surface area contributed by atoms with Gasteiger partial charge in [-0.25, -0.2) is 9.78 Å². The lowest BCUT2D eigenvalue weighted by Gasteiger charge is -2.33. The molecule has 1 aliphatic heterocycles. The quantitative estimate of drug-likeness (QED) is 0.375. The fraction of sp³-hybridized carbons (Fsp3) is 0.364. The Kier molecular flexibility index (Phi) is 8.12. The number of carboxylic acids is 1. The van der Waals surface area contributed by atoms with Crippen molar-refractivity contribution < 1.29 is 23.1 Å². The van der Waals surface area contributed by atoms with E-state index in [1.54, 1.807) is 0 Å². The molecule has 0 bridgehead atoms. The van der Waals surface area contributed by atoms with Crippen molar-refractivity contribution in [2.75, 3.05) is 50.0 Å². The van der Waals surface area contributed by atoms with Crippen LogP contribution in [0.1, 0.15) is 6.92 Å². The van der Waals surface area contributed by atoms with Gasteiger partial charge in [-0.1, -0.05) is 18.2 Å². The lowest BCUT2D eigenvalue weighted by Crippen LogP contribution is -2.45. The van der Waals surface area contributed by atoms with Gasteiger partial charge in [0.15, 0.2) is 5.96 Å². The Morgan fingerprint density at radius 1 is 1.14 bits per heavy atom. The zero-order valence-corrected chi connectivity index (χ0v) is 19.3. The van der Waals surface area contributed by atoms with Crippen LogP contribution >= 0.6 is 0 Å². The van der Waals surface area contributed by atoms with Crippen molar-refractivity contribution in [1.82, 2.24) is 19.4 Å². The number of nitrogens with one attached hydrogen (secondary N) is 1. The molecule has 4 N–H and O–H groups in total. The number of guanidine groups is 1. The summed E-state index contributed by atoms with van der Waals surface area (Å²) in [5.74, 6) is -1.03. The van der Waals surface area contributed by atoms with E-state index in [-0.39, 0.29) is 0 Å². The van der Waals surface area contributed by atoms with Gasteiger partial charge in [-0.2, -0.15) is 18.2 Å². The standard InChI is InChI=1S/C20H26N8.C2HF3O2/c1-3-22-19(21)25-20-23-17-14-28(15-7-5-4-6-8-15)13-16(17)18(24-20)27-11-9-26(2)10-12-27;3-2(4,5)1(6)7/h4-8,13-14H,3,9-12H2,1-2H3,(H3,21,22,23,25);(H,6,7). The summed E-state index contributed by atoms with van der Waals surface area (Å²) in [5, 5.41) is 11.2. The first-order valence-corrected chi connectivity index (χ1v) is 10.8. The third kappa shape index (κ3) is 6.82. The minimum absolute atomic E-state index is 0.327. The molecule has 2 aromatic heterocycles. The molecule has 0 atom stereocenters. The van der Waals surface area contributed by atoms with E-state index in [0.29, 0.717) is 18.5 Å². The van der Waals surface area contributed by atoms with Crippen molar-refractivity contribution in [3.8, 4) is 5.69 Å². The third-order valence-electron chi connectivity index (χ3n) is 5.15. The molecule has 0 aliphatic carbocycles. The van der Waals surface area contributed by atoms with E-state index in [4.69, 9.17) is 20.6 Å². The highest BCUT2D eigenvalue weighted by Crippen LogP contribution is 2.28. The molecule has 3 aromatic rings. The zero-order valence-electron chi connectivity index (χ0n) is 19.3. The maximum atomic E-state index is 10.6. The van der Waals surface area contributed by atoms with Gasteiger partial charge in [0.25, 0.3) is 0 Å². The highest BCUT2D eigenvalue weighted by atomic mass is 19.4. The largest absolute Gasteiger partial charge is 0.490 e. The van der Waals surface area contributed by atoms with Gasteiger partial charge in [0.05, 0.1) is 10.9 Å². The summed E-state index contributed by atoms with van der Waals surface area (Å²) in [6, 6.07) is 10.2. The molecule has 0 unspecified atom stereocenters. The number of likely N-dealkylation sites (N-methyl/N-ethyl adjacent to an activating group) is 1. The van der Waals surface area contributed by atoms with Gasteiger partial charge < -0.3 is 25.2 Å². The predicted octanol–water partition coefficient (Wildman–Crippen LogP) is 2.55. The number of benzene rings is 1. The molecule has 1 aromatic carbocycles. The summed E-state index contributed by atoms with van der Waals surface area (Å²) in [4.78, 5) is 27.2. The number of aliphatic carboxylic acids is 1. The number of aliphatic imine (C=N–C) groups is 1. The summed E-state index contributed by atoms with van der Waals surface area (Å²) in [5.41, 5.74) is 7.90. The van der Waals surface area contributed by atoms with Crippen LogP contribution in [0.4, 0.5) is 24.9 Å². The van der Waals surface area contributed by atoms with Crippen molar-refractivity contribution in [3.63, 3.8) is 0 Å². The Hall–Kier alpha value is -3.87. The van der Waals surface area contributed by atoms with Crippen LogP contribution in [-0.4, -0.2) is 82.4 Å². The summed E-state index contributed by atoms with van der Waals surface area (Å²) >= 11 is 0. The number of aromatic nitrogens is 3. The Labute approximate surface area is 199 Å². The van der Waals surface area contributed by atoms with Crippen LogP contribution in [0.15, 0.2) is 47.7 Å². The highest BCUT2D eigenvalue weighted by molar-refractivity contribution is 5.95. The van der Waals surface area contributed by atoms with E-state index < -0.39 is 12.1 Å². The smallest absolute Gasteiger partial charge is 0.475 e. The SMILES string of the molecule is CCN=C(N)Nc1nc(N2CCN(C)CC2)c2cn(-c3ccccc3)cc2n1.O=C(O)C(F)(F)F. The van der Waals surface area contributed by atoms with Crippen LogP contribution in [0.25, 0.3) is 16.6 Å². The first-order chi connectivity index (χ1) is 16.6. The van der Waals surface area contributed by atoms with Gasteiger partial charge in [0, 0.05) is 50.8 Å². The van der Waals surface area contributed by atoms with Crippen LogP contribution in [0.2, 0.25) is 0 Å². The number of carbonyl (C=O) groups is 1. The van der Waals surface area contributed by atoms with Gasteiger partial charge in [-0.15, -0.1) is 0 Å². The van der Waals surface area contributed by atoms with E-state index >= 15 is 0 Å². The maximum absolute atomic E-state index is 10.6. The number of hydrogen-bond donors (Lipinski definition) is 3. The molecule has 0 saturated carbocycles. The van der Waals surface area contributed by atoms with Gasteiger partial charge in [0.1, 0.15) is 5.82 Å². The monoisotopic (exact) mass is 492 g/mol. The second-order valence-electron chi connectivity index (χ2n) is 7.75. The molecule has 0 amide bonds. The van der Waals surface area contributed by atoms with E-state index in [9.17, 15) is 13.2 Å². The van der Waals surface area contributed by atoms with E-state index in [1.165, 1.54) is 0 Å². The van der Waals surface area contributed by atoms with Crippen LogP contribution in [-0.2, 0) is 4.79 Å². The average Bonchev–Trinajstić information content (AvgIpc) is 3.24. The number of nitrogens with two attached hydrogens (primary N) is 1. The Morgan fingerprint density at radius 2 is 1.77 bits per heavy atom. The third-order valence-corrected chi connectivity index (χ3v) is 5.15. The fourth-order valence-corrected chi connectivity index (χ4v) is 3.39. The normalized spacial score (nSPS) is 15.0. The molecule has 1 fully saturated rings. The highest BCUT2D eigenvalue weighted by Gasteiger charge is 2.38.